The zero-order valence-corrected chi connectivity index (χ0v) is 31.7. The Morgan fingerprint density at radius 3 is 1.50 bits per heavy atom. The van der Waals surface area contributed by atoms with Crippen molar-refractivity contribution in [2.75, 3.05) is 4.90 Å². The smallest absolute Gasteiger partial charge is 0.143 e. The lowest BCUT2D eigenvalue weighted by Crippen LogP contribution is -2.10. The summed E-state index contributed by atoms with van der Waals surface area (Å²) in [5, 5.41) is 6.99. The van der Waals surface area contributed by atoms with Gasteiger partial charge in [-0.25, -0.2) is 0 Å². The molecule has 1 heterocycles. The van der Waals surface area contributed by atoms with Crippen LogP contribution in [0, 0.1) is 0 Å². The molecular formula is C56H37NO. The number of hydrogen-bond donors (Lipinski definition) is 0. The first-order valence-corrected chi connectivity index (χ1v) is 19.8. The van der Waals surface area contributed by atoms with Crippen molar-refractivity contribution in [2.45, 2.75) is 0 Å². The first-order valence-electron chi connectivity index (χ1n) is 19.8. The molecule has 58 heavy (non-hydrogen) atoms. The number of anilines is 3. The topological polar surface area (TPSA) is 16.4 Å². The molecule has 0 radical (unpaired) electrons. The van der Waals surface area contributed by atoms with Crippen molar-refractivity contribution in [3.63, 3.8) is 0 Å². The molecule has 1 aromatic heterocycles. The van der Waals surface area contributed by atoms with E-state index in [9.17, 15) is 0 Å². The maximum Gasteiger partial charge on any atom is 0.143 e. The monoisotopic (exact) mass is 739 g/mol. The van der Waals surface area contributed by atoms with Crippen molar-refractivity contribution in [1.82, 2.24) is 0 Å². The standard InChI is InChI=1S/C56H37NO/c1-2-12-38(13-3-1)43-17-8-18-44(36-43)39-26-31-47(32-27-39)57(53-24-11-25-54-55(53)52-35-30-42-15-5-7-22-51(42)56(52)58-54)48-33-28-40(29-34-48)45-19-9-20-46(37-45)50-23-10-16-41-14-4-6-21-49(41)50/h1-37H. The van der Waals surface area contributed by atoms with E-state index >= 15 is 0 Å². The molecule has 0 bridgehead atoms. The van der Waals surface area contributed by atoms with Gasteiger partial charge in [0.15, 0.2) is 0 Å². The van der Waals surface area contributed by atoms with Crippen molar-refractivity contribution < 1.29 is 4.42 Å². The van der Waals surface area contributed by atoms with Crippen LogP contribution in [0.4, 0.5) is 17.1 Å². The Morgan fingerprint density at radius 1 is 0.310 bits per heavy atom. The summed E-state index contributed by atoms with van der Waals surface area (Å²) >= 11 is 0. The second-order valence-electron chi connectivity index (χ2n) is 14.9. The molecule has 0 saturated heterocycles. The minimum atomic E-state index is 0.866. The molecule has 2 heteroatoms. The molecule has 11 rings (SSSR count). The van der Waals surface area contributed by atoms with Crippen molar-refractivity contribution in [3.05, 3.63) is 224 Å². The van der Waals surface area contributed by atoms with E-state index in [1.54, 1.807) is 0 Å². The highest BCUT2D eigenvalue weighted by molar-refractivity contribution is 6.19. The quantitative estimate of drug-likeness (QED) is 0.162. The molecule has 0 aliphatic rings. The van der Waals surface area contributed by atoms with E-state index in [2.05, 4.69) is 229 Å². The van der Waals surface area contributed by atoms with Crippen LogP contribution in [0.15, 0.2) is 229 Å². The Bertz CT molecular complexity index is 3260. The van der Waals surface area contributed by atoms with Gasteiger partial charge < -0.3 is 9.32 Å². The molecular weight excluding hydrogens is 703 g/mol. The number of rotatable bonds is 7. The van der Waals surface area contributed by atoms with Gasteiger partial charge >= 0.3 is 0 Å². The molecule has 0 fully saturated rings. The van der Waals surface area contributed by atoms with Crippen molar-refractivity contribution in [1.29, 1.82) is 0 Å². The van der Waals surface area contributed by atoms with E-state index in [0.29, 0.717) is 0 Å². The molecule has 0 saturated carbocycles. The van der Waals surface area contributed by atoms with Gasteiger partial charge in [0, 0.05) is 22.1 Å². The lowest BCUT2D eigenvalue weighted by atomic mass is 9.95. The van der Waals surface area contributed by atoms with Crippen LogP contribution in [-0.4, -0.2) is 0 Å². The Kier molecular flexibility index (Phi) is 8.19. The van der Waals surface area contributed by atoms with Crippen LogP contribution in [0.1, 0.15) is 0 Å². The molecule has 0 spiro atoms. The third kappa shape index (κ3) is 5.91. The fourth-order valence-electron chi connectivity index (χ4n) is 8.61. The van der Waals surface area contributed by atoms with Gasteiger partial charge in [-0.3, -0.25) is 0 Å². The lowest BCUT2D eigenvalue weighted by Gasteiger charge is -2.26. The summed E-state index contributed by atoms with van der Waals surface area (Å²) in [5.41, 5.74) is 14.5. The second-order valence-corrected chi connectivity index (χ2v) is 14.9. The highest BCUT2D eigenvalue weighted by atomic mass is 16.3. The molecule has 0 atom stereocenters. The average Bonchev–Trinajstić information content (AvgIpc) is 3.70. The molecule has 0 amide bonds. The Balaban J connectivity index is 1.03. The highest BCUT2D eigenvalue weighted by Gasteiger charge is 2.21. The van der Waals surface area contributed by atoms with Crippen LogP contribution >= 0.6 is 0 Å². The number of nitrogens with zero attached hydrogens (tertiary/aromatic N) is 1. The van der Waals surface area contributed by atoms with Gasteiger partial charge in [0.05, 0.1) is 11.1 Å². The van der Waals surface area contributed by atoms with Crippen LogP contribution in [0.5, 0.6) is 0 Å². The summed E-state index contributed by atoms with van der Waals surface area (Å²) in [6.45, 7) is 0. The molecule has 0 aliphatic heterocycles. The predicted octanol–water partition coefficient (Wildman–Crippen LogP) is 16.0. The fourth-order valence-corrected chi connectivity index (χ4v) is 8.61. The Hall–Kier alpha value is -7.68. The first kappa shape index (κ1) is 33.6. The van der Waals surface area contributed by atoms with Crippen LogP contribution in [0.3, 0.4) is 0 Å². The number of benzene rings is 10. The average molecular weight is 740 g/mol. The van der Waals surface area contributed by atoms with E-state index < -0.39 is 0 Å². The SMILES string of the molecule is c1ccc(-c2cccc(-c3ccc(N(c4ccc(-c5cccc(-c6cccc7ccccc67)c5)cc4)c4cccc5oc6c7ccccc7ccc6c45)cc3)c2)cc1. The largest absolute Gasteiger partial charge is 0.455 e. The zero-order chi connectivity index (χ0) is 38.4. The maximum atomic E-state index is 6.68. The lowest BCUT2D eigenvalue weighted by molar-refractivity contribution is 0.672. The van der Waals surface area contributed by atoms with E-state index in [1.165, 1.54) is 55.1 Å². The van der Waals surface area contributed by atoms with Gasteiger partial charge in [0.25, 0.3) is 0 Å². The van der Waals surface area contributed by atoms with Gasteiger partial charge in [-0.1, -0.05) is 170 Å². The van der Waals surface area contributed by atoms with Crippen LogP contribution in [0.25, 0.3) is 88.0 Å². The summed E-state index contributed by atoms with van der Waals surface area (Å²) in [6, 6.07) is 80.6. The fraction of sp³-hybridized carbons (Fsp3) is 0. The van der Waals surface area contributed by atoms with Crippen LogP contribution in [0.2, 0.25) is 0 Å². The first-order chi connectivity index (χ1) is 28.7. The Morgan fingerprint density at radius 2 is 0.810 bits per heavy atom. The predicted molar refractivity (Wildman–Crippen MR) is 245 cm³/mol. The van der Waals surface area contributed by atoms with E-state index in [0.717, 1.165) is 50.0 Å². The van der Waals surface area contributed by atoms with Crippen LogP contribution in [-0.2, 0) is 0 Å². The zero-order valence-electron chi connectivity index (χ0n) is 31.7. The molecule has 0 aliphatic carbocycles. The van der Waals surface area contributed by atoms with Crippen molar-refractivity contribution in [3.8, 4) is 44.5 Å². The summed E-state index contributed by atoms with van der Waals surface area (Å²) in [4.78, 5) is 2.37. The molecule has 272 valence electrons. The normalized spacial score (nSPS) is 11.4. The summed E-state index contributed by atoms with van der Waals surface area (Å²) in [5.74, 6) is 0. The molecule has 11 aromatic rings. The number of fused-ring (bicyclic) bond motifs is 6. The van der Waals surface area contributed by atoms with Crippen LogP contribution < -0.4 is 4.90 Å². The summed E-state index contributed by atoms with van der Waals surface area (Å²) in [7, 11) is 0. The van der Waals surface area contributed by atoms with E-state index in [1.807, 2.05) is 0 Å². The minimum absolute atomic E-state index is 0.866. The maximum absolute atomic E-state index is 6.68. The molecule has 0 unspecified atom stereocenters. The highest BCUT2D eigenvalue weighted by Crippen LogP contribution is 2.45. The molecule has 2 nitrogen and oxygen atoms in total. The second kappa shape index (κ2) is 14.1. The third-order valence-corrected chi connectivity index (χ3v) is 11.5. The van der Waals surface area contributed by atoms with Gasteiger partial charge in [0.2, 0.25) is 0 Å². The molecule has 10 aromatic carbocycles. The van der Waals surface area contributed by atoms with Crippen molar-refractivity contribution >= 4 is 60.5 Å². The molecule has 0 N–H and O–H groups in total. The minimum Gasteiger partial charge on any atom is -0.455 e. The van der Waals surface area contributed by atoms with E-state index in [4.69, 9.17) is 4.42 Å². The summed E-state index contributed by atoms with van der Waals surface area (Å²) < 4.78 is 6.68. The Labute approximate surface area is 337 Å². The third-order valence-electron chi connectivity index (χ3n) is 11.5. The number of furan rings is 1. The van der Waals surface area contributed by atoms with Gasteiger partial charge in [-0.05, 0) is 115 Å². The van der Waals surface area contributed by atoms with Gasteiger partial charge in [-0.15, -0.1) is 0 Å². The number of hydrogen-bond acceptors (Lipinski definition) is 2. The van der Waals surface area contributed by atoms with Gasteiger partial charge in [0.1, 0.15) is 11.2 Å². The van der Waals surface area contributed by atoms with E-state index in [-0.39, 0.29) is 0 Å². The van der Waals surface area contributed by atoms with Crippen molar-refractivity contribution in [2.24, 2.45) is 0 Å². The van der Waals surface area contributed by atoms with Gasteiger partial charge in [-0.2, -0.15) is 0 Å². The summed E-state index contributed by atoms with van der Waals surface area (Å²) in [6.07, 6.45) is 0.